The SMILES string of the molecule is Cc1ccc(N2CCN(S(=O)(=O)N3CCCC3)CC2)nn1. The molecule has 8 heteroatoms. The molecule has 0 spiro atoms. The molecule has 2 aliphatic rings. The van der Waals surface area contributed by atoms with E-state index in [1.54, 1.807) is 8.61 Å². The van der Waals surface area contributed by atoms with E-state index in [-0.39, 0.29) is 0 Å². The van der Waals surface area contributed by atoms with Crippen molar-refractivity contribution in [3.8, 4) is 0 Å². The number of nitrogens with zero attached hydrogens (tertiary/aromatic N) is 5. The van der Waals surface area contributed by atoms with E-state index in [0.717, 1.165) is 24.4 Å². The summed E-state index contributed by atoms with van der Waals surface area (Å²) in [5.41, 5.74) is 0.883. The van der Waals surface area contributed by atoms with Gasteiger partial charge in [0.05, 0.1) is 5.69 Å². The molecule has 0 aromatic carbocycles. The number of hydrogen-bond donors (Lipinski definition) is 0. The van der Waals surface area contributed by atoms with Crippen LogP contribution in [0, 0.1) is 6.92 Å². The number of rotatable bonds is 3. The highest BCUT2D eigenvalue weighted by atomic mass is 32.2. The zero-order valence-corrected chi connectivity index (χ0v) is 13.1. The lowest BCUT2D eigenvalue weighted by molar-refractivity contribution is 0.343. The zero-order chi connectivity index (χ0) is 14.9. The van der Waals surface area contributed by atoms with Gasteiger partial charge in [-0.25, -0.2) is 0 Å². The molecule has 2 fully saturated rings. The van der Waals surface area contributed by atoms with Crippen LogP contribution in [0.2, 0.25) is 0 Å². The zero-order valence-electron chi connectivity index (χ0n) is 12.3. The van der Waals surface area contributed by atoms with Gasteiger partial charge in [-0.3, -0.25) is 0 Å². The summed E-state index contributed by atoms with van der Waals surface area (Å²) in [5.74, 6) is 0.818. The molecule has 0 bridgehead atoms. The van der Waals surface area contributed by atoms with Crippen LogP contribution in [0.25, 0.3) is 0 Å². The van der Waals surface area contributed by atoms with Crippen LogP contribution in [-0.4, -0.2) is 66.5 Å². The van der Waals surface area contributed by atoms with Gasteiger partial charge < -0.3 is 4.90 Å². The first-order valence-electron chi connectivity index (χ1n) is 7.38. The molecule has 2 aliphatic heterocycles. The molecule has 21 heavy (non-hydrogen) atoms. The second-order valence-corrected chi connectivity index (χ2v) is 7.46. The largest absolute Gasteiger partial charge is 0.352 e. The molecule has 0 amide bonds. The van der Waals surface area contributed by atoms with E-state index in [1.165, 1.54) is 0 Å². The minimum atomic E-state index is -3.27. The molecule has 1 aromatic rings. The summed E-state index contributed by atoms with van der Waals surface area (Å²) in [7, 11) is -3.27. The van der Waals surface area contributed by atoms with Gasteiger partial charge in [0.15, 0.2) is 5.82 Å². The average Bonchev–Trinajstić information content (AvgIpc) is 3.03. The van der Waals surface area contributed by atoms with Crippen LogP contribution in [0.3, 0.4) is 0 Å². The third-order valence-corrected chi connectivity index (χ3v) is 6.10. The van der Waals surface area contributed by atoms with Gasteiger partial charge in [-0.15, -0.1) is 5.10 Å². The Labute approximate surface area is 125 Å². The van der Waals surface area contributed by atoms with Crippen molar-refractivity contribution in [1.29, 1.82) is 0 Å². The van der Waals surface area contributed by atoms with Crippen molar-refractivity contribution in [2.75, 3.05) is 44.2 Å². The Hall–Kier alpha value is -1.25. The van der Waals surface area contributed by atoms with E-state index in [9.17, 15) is 8.42 Å². The second-order valence-electron chi connectivity index (χ2n) is 5.53. The van der Waals surface area contributed by atoms with Gasteiger partial charge >= 0.3 is 0 Å². The van der Waals surface area contributed by atoms with E-state index >= 15 is 0 Å². The monoisotopic (exact) mass is 311 g/mol. The Morgan fingerprint density at radius 1 is 0.905 bits per heavy atom. The highest BCUT2D eigenvalue weighted by molar-refractivity contribution is 7.86. The molecule has 2 saturated heterocycles. The smallest absolute Gasteiger partial charge is 0.282 e. The molecule has 0 saturated carbocycles. The first-order valence-corrected chi connectivity index (χ1v) is 8.77. The summed E-state index contributed by atoms with van der Waals surface area (Å²) in [4.78, 5) is 2.09. The lowest BCUT2D eigenvalue weighted by Gasteiger charge is -2.36. The fourth-order valence-electron chi connectivity index (χ4n) is 2.79. The maximum atomic E-state index is 12.5. The molecule has 3 heterocycles. The van der Waals surface area contributed by atoms with Gasteiger partial charge in [-0.2, -0.15) is 22.1 Å². The Morgan fingerprint density at radius 2 is 1.52 bits per heavy atom. The summed E-state index contributed by atoms with van der Waals surface area (Å²) in [5, 5.41) is 8.22. The third kappa shape index (κ3) is 3.02. The van der Waals surface area contributed by atoms with Crippen LogP contribution in [0.1, 0.15) is 18.5 Å². The number of anilines is 1. The van der Waals surface area contributed by atoms with Gasteiger partial charge in [0.2, 0.25) is 0 Å². The maximum Gasteiger partial charge on any atom is 0.282 e. The van der Waals surface area contributed by atoms with E-state index in [4.69, 9.17) is 0 Å². The van der Waals surface area contributed by atoms with Crippen molar-refractivity contribution in [2.45, 2.75) is 19.8 Å². The number of hydrogen-bond acceptors (Lipinski definition) is 5. The molecule has 0 atom stereocenters. The molecule has 116 valence electrons. The third-order valence-electron chi connectivity index (χ3n) is 4.06. The molecule has 0 unspecified atom stereocenters. The van der Waals surface area contributed by atoms with Crippen molar-refractivity contribution in [3.63, 3.8) is 0 Å². The molecule has 0 aliphatic carbocycles. The summed E-state index contributed by atoms with van der Waals surface area (Å²) < 4.78 is 28.2. The quantitative estimate of drug-likeness (QED) is 0.800. The fourth-order valence-corrected chi connectivity index (χ4v) is 4.46. The summed E-state index contributed by atoms with van der Waals surface area (Å²) in [6.45, 7) is 5.55. The van der Waals surface area contributed by atoms with Gasteiger partial charge in [0.25, 0.3) is 10.2 Å². The maximum absolute atomic E-state index is 12.5. The van der Waals surface area contributed by atoms with Crippen LogP contribution < -0.4 is 4.90 Å². The lowest BCUT2D eigenvalue weighted by Crippen LogP contribution is -2.52. The van der Waals surface area contributed by atoms with Crippen LogP contribution >= 0.6 is 0 Å². The normalized spacial score (nSPS) is 21.9. The topological polar surface area (TPSA) is 69.6 Å². The molecule has 1 aromatic heterocycles. The standard InChI is InChI=1S/C13H21N5O2S/c1-12-4-5-13(15-14-12)16-8-10-18(11-9-16)21(19,20)17-6-2-3-7-17/h4-5H,2-3,6-11H2,1H3. The highest BCUT2D eigenvalue weighted by Gasteiger charge is 2.33. The molecule has 7 nitrogen and oxygen atoms in total. The van der Waals surface area contributed by atoms with E-state index in [0.29, 0.717) is 39.3 Å². The highest BCUT2D eigenvalue weighted by Crippen LogP contribution is 2.19. The van der Waals surface area contributed by atoms with Crippen molar-refractivity contribution >= 4 is 16.0 Å². The number of aryl methyl sites for hydroxylation is 1. The first-order chi connectivity index (χ1) is 10.1. The van der Waals surface area contributed by atoms with Crippen LogP contribution in [0.5, 0.6) is 0 Å². The van der Waals surface area contributed by atoms with Crippen LogP contribution in [-0.2, 0) is 10.2 Å². The van der Waals surface area contributed by atoms with Crippen LogP contribution in [0.15, 0.2) is 12.1 Å². The molecule has 0 radical (unpaired) electrons. The molecule has 0 N–H and O–H groups in total. The van der Waals surface area contributed by atoms with E-state index in [1.807, 2.05) is 19.1 Å². The Balaban J connectivity index is 1.63. The number of aromatic nitrogens is 2. The second kappa shape index (κ2) is 5.86. The predicted molar refractivity (Wildman–Crippen MR) is 80.3 cm³/mol. The van der Waals surface area contributed by atoms with Gasteiger partial charge in [-0.05, 0) is 31.9 Å². The summed E-state index contributed by atoms with van der Waals surface area (Å²) >= 11 is 0. The average molecular weight is 311 g/mol. The lowest BCUT2D eigenvalue weighted by atomic mass is 10.3. The Kier molecular flexibility index (Phi) is 4.10. The summed E-state index contributed by atoms with van der Waals surface area (Å²) in [6.07, 6.45) is 1.94. The van der Waals surface area contributed by atoms with Gasteiger partial charge in [0.1, 0.15) is 0 Å². The fraction of sp³-hybridized carbons (Fsp3) is 0.692. The van der Waals surface area contributed by atoms with Crippen molar-refractivity contribution in [2.24, 2.45) is 0 Å². The van der Waals surface area contributed by atoms with Gasteiger partial charge in [-0.1, -0.05) is 0 Å². The number of piperazine rings is 1. The molecular formula is C13H21N5O2S. The van der Waals surface area contributed by atoms with Crippen molar-refractivity contribution in [1.82, 2.24) is 18.8 Å². The predicted octanol–water partition coefficient (Wildman–Crippen LogP) is 0.248. The van der Waals surface area contributed by atoms with E-state index < -0.39 is 10.2 Å². The van der Waals surface area contributed by atoms with Crippen molar-refractivity contribution in [3.05, 3.63) is 17.8 Å². The molecule has 3 rings (SSSR count). The Morgan fingerprint density at radius 3 is 2.10 bits per heavy atom. The van der Waals surface area contributed by atoms with Crippen LogP contribution in [0.4, 0.5) is 5.82 Å². The minimum absolute atomic E-state index is 0.508. The minimum Gasteiger partial charge on any atom is -0.352 e. The first kappa shape index (κ1) is 14.7. The van der Waals surface area contributed by atoms with Crippen molar-refractivity contribution < 1.29 is 8.42 Å². The summed E-state index contributed by atoms with van der Waals surface area (Å²) in [6, 6.07) is 3.86. The van der Waals surface area contributed by atoms with E-state index in [2.05, 4.69) is 15.1 Å². The Bertz CT molecular complexity index is 575. The molecular weight excluding hydrogens is 290 g/mol. The van der Waals surface area contributed by atoms with Gasteiger partial charge in [0, 0.05) is 39.3 Å².